The number of thiophene rings is 1. The van der Waals surface area contributed by atoms with Crippen molar-refractivity contribution < 1.29 is 14.3 Å². The molecule has 1 unspecified atom stereocenters. The molecule has 0 aliphatic heterocycles. The van der Waals surface area contributed by atoms with Gasteiger partial charge in [-0.05, 0) is 42.5 Å². The van der Waals surface area contributed by atoms with Gasteiger partial charge in [-0.3, -0.25) is 4.79 Å². The third-order valence-corrected chi connectivity index (χ3v) is 3.86. The van der Waals surface area contributed by atoms with Crippen LogP contribution in [0.15, 0.2) is 41.8 Å². The van der Waals surface area contributed by atoms with Crippen LogP contribution >= 0.6 is 11.3 Å². The maximum atomic E-state index is 11.9. The molecule has 1 heterocycles. The molecule has 1 aromatic carbocycles. The molecule has 1 N–H and O–H groups in total. The Kier molecular flexibility index (Phi) is 5.11. The van der Waals surface area contributed by atoms with Crippen molar-refractivity contribution in [2.75, 3.05) is 0 Å². The summed E-state index contributed by atoms with van der Waals surface area (Å²) in [6.45, 7) is 3.66. The van der Waals surface area contributed by atoms with Crippen LogP contribution in [0.5, 0.6) is 5.75 Å². The standard InChI is InChI=1S/C16H17NO3S/c1-3-12-6-8-13(9-7-12)20-16(19)11(2)17-15(18)14-5-4-10-21-14/h4-11H,3H2,1-2H3,(H,17,18). The molecule has 1 amide bonds. The fraction of sp³-hybridized carbons (Fsp3) is 0.250. The number of benzene rings is 1. The first-order chi connectivity index (χ1) is 10.1. The molecule has 0 aliphatic carbocycles. The zero-order chi connectivity index (χ0) is 15.2. The van der Waals surface area contributed by atoms with Crippen LogP contribution in [0.25, 0.3) is 0 Å². The first-order valence-electron chi connectivity index (χ1n) is 6.75. The highest BCUT2D eigenvalue weighted by Gasteiger charge is 2.19. The van der Waals surface area contributed by atoms with E-state index in [9.17, 15) is 9.59 Å². The Hall–Kier alpha value is -2.14. The Labute approximate surface area is 127 Å². The summed E-state index contributed by atoms with van der Waals surface area (Å²) in [5.74, 6) is -0.269. The summed E-state index contributed by atoms with van der Waals surface area (Å²) >= 11 is 1.33. The maximum Gasteiger partial charge on any atom is 0.333 e. The number of hydrogen-bond acceptors (Lipinski definition) is 4. The topological polar surface area (TPSA) is 55.4 Å². The van der Waals surface area contributed by atoms with Gasteiger partial charge in [0, 0.05) is 0 Å². The van der Waals surface area contributed by atoms with Gasteiger partial charge in [0.2, 0.25) is 0 Å². The van der Waals surface area contributed by atoms with Gasteiger partial charge in [0.25, 0.3) is 5.91 Å². The van der Waals surface area contributed by atoms with Gasteiger partial charge in [0.15, 0.2) is 0 Å². The first kappa shape index (κ1) is 15.3. The molecule has 4 nitrogen and oxygen atoms in total. The number of aryl methyl sites for hydroxylation is 1. The van der Waals surface area contributed by atoms with E-state index in [0.29, 0.717) is 10.6 Å². The van der Waals surface area contributed by atoms with Gasteiger partial charge >= 0.3 is 5.97 Å². The minimum Gasteiger partial charge on any atom is -0.425 e. The zero-order valence-electron chi connectivity index (χ0n) is 12.0. The fourth-order valence-electron chi connectivity index (χ4n) is 1.73. The van der Waals surface area contributed by atoms with Crippen molar-refractivity contribution in [1.82, 2.24) is 5.32 Å². The van der Waals surface area contributed by atoms with E-state index in [1.54, 1.807) is 31.2 Å². The summed E-state index contributed by atoms with van der Waals surface area (Å²) in [6.07, 6.45) is 0.932. The molecule has 0 aliphatic rings. The lowest BCUT2D eigenvalue weighted by molar-refractivity contribution is -0.136. The van der Waals surface area contributed by atoms with Crippen LogP contribution in [0.3, 0.4) is 0 Å². The molecule has 0 spiro atoms. The molecule has 110 valence electrons. The highest BCUT2D eigenvalue weighted by molar-refractivity contribution is 7.12. The second-order valence-electron chi connectivity index (χ2n) is 4.59. The number of rotatable bonds is 5. The van der Waals surface area contributed by atoms with E-state index >= 15 is 0 Å². The van der Waals surface area contributed by atoms with Crippen molar-refractivity contribution in [2.24, 2.45) is 0 Å². The summed E-state index contributed by atoms with van der Waals surface area (Å²) in [6, 6.07) is 10.1. The van der Waals surface area contributed by atoms with Gasteiger partial charge in [-0.2, -0.15) is 0 Å². The van der Waals surface area contributed by atoms with Crippen LogP contribution in [0.2, 0.25) is 0 Å². The molecule has 5 heteroatoms. The molecular formula is C16H17NO3S. The lowest BCUT2D eigenvalue weighted by Crippen LogP contribution is -2.40. The van der Waals surface area contributed by atoms with Gasteiger partial charge in [-0.1, -0.05) is 25.1 Å². The van der Waals surface area contributed by atoms with Crippen LogP contribution < -0.4 is 10.1 Å². The van der Waals surface area contributed by atoms with Gasteiger partial charge in [-0.25, -0.2) is 4.79 Å². The van der Waals surface area contributed by atoms with Crippen LogP contribution in [-0.2, 0) is 11.2 Å². The molecule has 0 bridgehead atoms. The normalized spacial score (nSPS) is 11.7. The van der Waals surface area contributed by atoms with Crippen molar-refractivity contribution in [3.05, 3.63) is 52.2 Å². The monoisotopic (exact) mass is 303 g/mol. The summed E-state index contributed by atoms with van der Waals surface area (Å²) in [5, 5.41) is 4.43. The number of nitrogens with one attached hydrogen (secondary N) is 1. The first-order valence-corrected chi connectivity index (χ1v) is 7.63. The Balaban J connectivity index is 1.91. The minimum absolute atomic E-state index is 0.268. The fourth-order valence-corrected chi connectivity index (χ4v) is 2.36. The van der Waals surface area contributed by atoms with Gasteiger partial charge in [-0.15, -0.1) is 11.3 Å². The molecule has 1 aromatic heterocycles. The molecule has 0 radical (unpaired) electrons. The molecule has 21 heavy (non-hydrogen) atoms. The van der Waals surface area contributed by atoms with Crippen LogP contribution in [0, 0.1) is 0 Å². The van der Waals surface area contributed by atoms with E-state index in [4.69, 9.17) is 4.74 Å². The van der Waals surface area contributed by atoms with Crippen molar-refractivity contribution in [1.29, 1.82) is 0 Å². The Morgan fingerprint density at radius 2 is 1.95 bits per heavy atom. The van der Waals surface area contributed by atoms with E-state index in [1.807, 2.05) is 17.5 Å². The van der Waals surface area contributed by atoms with Crippen LogP contribution in [-0.4, -0.2) is 17.9 Å². The maximum absolute atomic E-state index is 11.9. The summed E-state index contributed by atoms with van der Waals surface area (Å²) in [5.41, 5.74) is 1.17. The SMILES string of the molecule is CCc1ccc(OC(=O)C(C)NC(=O)c2cccs2)cc1. The average molecular weight is 303 g/mol. The predicted octanol–water partition coefficient (Wildman–Crippen LogP) is 3.03. The van der Waals surface area contributed by atoms with Gasteiger partial charge < -0.3 is 10.1 Å². The van der Waals surface area contributed by atoms with E-state index in [0.717, 1.165) is 6.42 Å². The average Bonchev–Trinajstić information content (AvgIpc) is 3.02. The van der Waals surface area contributed by atoms with E-state index in [1.165, 1.54) is 16.9 Å². The molecule has 0 saturated carbocycles. The largest absolute Gasteiger partial charge is 0.425 e. The highest BCUT2D eigenvalue weighted by Crippen LogP contribution is 2.13. The third kappa shape index (κ3) is 4.16. The number of carbonyl (C=O) groups is 2. The summed E-state index contributed by atoms with van der Waals surface area (Å²) in [4.78, 5) is 24.4. The van der Waals surface area contributed by atoms with E-state index in [2.05, 4.69) is 12.2 Å². The summed E-state index contributed by atoms with van der Waals surface area (Å²) < 4.78 is 5.24. The molecular weight excluding hydrogens is 286 g/mol. The highest BCUT2D eigenvalue weighted by atomic mass is 32.1. The molecule has 2 aromatic rings. The van der Waals surface area contributed by atoms with Crippen LogP contribution in [0.4, 0.5) is 0 Å². The Morgan fingerprint density at radius 1 is 1.24 bits per heavy atom. The number of carbonyl (C=O) groups excluding carboxylic acids is 2. The van der Waals surface area contributed by atoms with Crippen molar-refractivity contribution in [3.63, 3.8) is 0 Å². The third-order valence-electron chi connectivity index (χ3n) is 3.00. The number of amides is 1. The van der Waals surface area contributed by atoms with Crippen molar-refractivity contribution >= 4 is 23.2 Å². The van der Waals surface area contributed by atoms with Gasteiger partial charge in [0.1, 0.15) is 11.8 Å². The molecule has 1 atom stereocenters. The molecule has 0 fully saturated rings. The molecule has 2 rings (SSSR count). The van der Waals surface area contributed by atoms with Crippen LogP contribution in [0.1, 0.15) is 29.1 Å². The predicted molar refractivity (Wildman–Crippen MR) is 82.7 cm³/mol. The number of esters is 1. The van der Waals surface area contributed by atoms with E-state index < -0.39 is 12.0 Å². The zero-order valence-corrected chi connectivity index (χ0v) is 12.8. The Morgan fingerprint density at radius 3 is 2.52 bits per heavy atom. The van der Waals surface area contributed by atoms with Crippen molar-refractivity contribution in [2.45, 2.75) is 26.3 Å². The summed E-state index contributed by atoms with van der Waals surface area (Å²) in [7, 11) is 0. The lowest BCUT2D eigenvalue weighted by atomic mass is 10.2. The lowest BCUT2D eigenvalue weighted by Gasteiger charge is -2.12. The Bertz CT molecular complexity index is 605. The second kappa shape index (κ2) is 7.04. The minimum atomic E-state index is -0.703. The molecule has 0 saturated heterocycles. The second-order valence-corrected chi connectivity index (χ2v) is 5.54. The number of ether oxygens (including phenoxy) is 1. The van der Waals surface area contributed by atoms with E-state index in [-0.39, 0.29) is 5.91 Å². The quantitative estimate of drug-likeness (QED) is 0.682. The van der Waals surface area contributed by atoms with Gasteiger partial charge in [0.05, 0.1) is 4.88 Å². The number of hydrogen-bond donors (Lipinski definition) is 1. The smallest absolute Gasteiger partial charge is 0.333 e. The van der Waals surface area contributed by atoms with Crippen molar-refractivity contribution in [3.8, 4) is 5.75 Å².